The van der Waals surface area contributed by atoms with Gasteiger partial charge in [0.2, 0.25) is 5.43 Å². The number of aromatic nitrogens is 2. The van der Waals surface area contributed by atoms with Crippen LogP contribution >= 0.6 is 22.9 Å². The van der Waals surface area contributed by atoms with Crippen molar-refractivity contribution >= 4 is 39.1 Å². The Labute approximate surface area is 227 Å². The number of carbonyl (C=O) groups is 1. The topological polar surface area (TPSA) is 136 Å². The number of benzene rings is 1. The Morgan fingerprint density at radius 3 is 2.76 bits per heavy atom. The number of pyridine rings is 2. The molecule has 4 aromatic rings. The Bertz CT molecular complexity index is 1550. The summed E-state index contributed by atoms with van der Waals surface area (Å²) in [6.07, 6.45) is 2.34. The third-order valence-corrected chi connectivity index (χ3v) is 7.48. The summed E-state index contributed by atoms with van der Waals surface area (Å²) >= 11 is 7.18. The smallest absolute Gasteiger partial charge is 0.257 e. The quantitative estimate of drug-likeness (QED) is 0.169. The number of nitrogens with one attached hydrogen (secondary N) is 1. The fraction of sp³-hybridized carbons (Fsp3) is 0.269. The van der Waals surface area contributed by atoms with Crippen LogP contribution in [0, 0.1) is 0 Å². The number of hydrogen-bond donors (Lipinski definition) is 2. The SMILES string of the molecule is CN(Cc1sc2c(=O)c(C(=O)NCc3ccc(Cl)cc3)cn(C)c2c1CN=[N+]=[N-])C[C@@H](O)c1ccccn1. The molecule has 0 bridgehead atoms. The molecule has 0 saturated heterocycles. The van der Waals surface area contributed by atoms with Crippen LogP contribution in [-0.4, -0.2) is 39.1 Å². The van der Waals surface area contributed by atoms with E-state index in [4.69, 9.17) is 17.1 Å². The molecule has 3 aromatic heterocycles. The lowest BCUT2D eigenvalue weighted by atomic mass is 10.1. The molecule has 1 amide bonds. The third-order valence-electron chi connectivity index (χ3n) is 6.02. The van der Waals surface area contributed by atoms with Crippen molar-refractivity contribution in [2.24, 2.45) is 12.2 Å². The van der Waals surface area contributed by atoms with Crippen LogP contribution in [0.15, 0.2) is 64.8 Å². The molecular formula is C26H26ClN7O3S. The maximum absolute atomic E-state index is 13.4. The molecule has 10 nitrogen and oxygen atoms in total. The van der Waals surface area contributed by atoms with Crippen molar-refractivity contribution in [1.29, 1.82) is 0 Å². The van der Waals surface area contributed by atoms with Gasteiger partial charge in [0, 0.05) is 53.9 Å². The number of azide groups is 1. The second-order valence-corrected chi connectivity index (χ2v) is 10.4. The van der Waals surface area contributed by atoms with Gasteiger partial charge in [-0.1, -0.05) is 34.9 Å². The number of amides is 1. The van der Waals surface area contributed by atoms with E-state index in [1.54, 1.807) is 54.2 Å². The van der Waals surface area contributed by atoms with Gasteiger partial charge in [0.1, 0.15) is 11.7 Å². The van der Waals surface area contributed by atoms with Crippen LogP contribution in [0.2, 0.25) is 5.02 Å². The van der Waals surface area contributed by atoms with E-state index in [1.807, 2.05) is 18.0 Å². The van der Waals surface area contributed by atoms with E-state index in [0.717, 1.165) is 16.0 Å². The van der Waals surface area contributed by atoms with Crippen LogP contribution in [0.5, 0.6) is 0 Å². The van der Waals surface area contributed by atoms with E-state index in [9.17, 15) is 14.7 Å². The molecule has 1 aromatic carbocycles. The molecule has 0 aliphatic rings. The summed E-state index contributed by atoms with van der Waals surface area (Å²) in [5.41, 5.74) is 11.3. The zero-order chi connectivity index (χ0) is 27.2. The average Bonchev–Trinajstić information content (AvgIpc) is 3.27. The number of likely N-dealkylation sites (N-methyl/N-ethyl adjacent to an activating group) is 1. The molecule has 3 heterocycles. The number of thiophene rings is 1. The summed E-state index contributed by atoms with van der Waals surface area (Å²) in [4.78, 5) is 36.2. The van der Waals surface area contributed by atoms with Gasteiger partial charge in [0.05, 0.1) is 22.5 Å². The van der Waals surface area contributed by atoms with Gasteiger partial charge < -0.3 is 15.0 Å². The van der Waals surface area contributed by atoms with Gasteiger partial charge in [-0.3, -0.25) is 19.5 Å². The first-order valence-electron chi connectivity index (χ1n) is 11.7. The average molecular weight is 552 g/mol. The molecule has 2 N–H and O–H groups in total. The minimum Gasteiger partial charge on any atom is -0.385 e. The summed E-state index contributed by atoms with van der Waals surface area (Å²) in [6.45, 7) is 1.01. The monoisotopic (exact) mass is 551 g/mol. The van der Waals surface area contributed by atoms with E-state index in [-0.39, 0.29) is 24.1 Å². The van der Waals surface area contributed by atoms with E-state index in [2.05, 4.69) is 20.3 Å². The number of aryl methyl sites for hydroxylation is 1. The van der Waals surface area contributed by atoms with Gasteiger partial charge in [0.25, 0.3) is 5.91 Å². The van der Waals surface area contributed by atoms with Crippen molar-refractivity contribution in [2.45, 2.75) is 25.7 Å². The molecule has 4 rings (SSSR count). The minimum absolute atomic E-state index is 0.0241. The number of rotatable bonds is 10. The lowest BCUT2D eigenvalue weighted by molar-refractivity contribution is 0.0949. The zero-order valence-corrected chi connectivity index (χ0v) is 22.4. The summed E-state index contributed by atoms with van der Waals surface area (Å²) in [6, 6.07) is 12.4. The van der Waals surface area contributed by atoms with Crippen LogP contribution in [0.25, 0.3) is 20.7 Å². The Morgan fingerprint density at radius 1 is 1.32 bits per heavy atom. The van der Waals surface area contributed by atoms with Crippen molar-refractivity contribution in [3.05, 3.63) is 108 Å². The van der Waals surface area contributed by atoms with Gasteiger partial charge in [0.15, 0.2) is 0 Å². The van der Waals surface area contributed by atoms with Gasteiger partial charge in [-0.2, -0.15) is 0 Å². The molecule has 0 aliphatic heterocycles. The van der Waals surface area contributed by atoms with Gasteiger partial charge in [-0.25, -0.2) is 0 Å². The Balaban J connectivity index is 1.62. The Hall–Kier alpha value is -3.73. The number of hydrogen-bond acceptors (Lipinski definition) is 7. The largest absolute Gasteiger partial charge is 0.385 e. The third kappa shape index (κ3) is 6.21. The highest BCUT2D eigenvalue weighted by atomic mass is 35.5. The van der Waals surface area contributed by atoms with Gasteiger partial charge >= 0.3 is 0 Å². The van der Waals surface area contributed by atoms with Crippen molar-refractivity contribution in [3.8, 4) is 0 Å². The van der Waals surface area contributed by atoms with Crippen LogP contribution in [0.3, 0.4) is 0 Å². The summed E-state index contributed by atoms with van der Waals surface area (Å²) < 4.78 is 2.13. The van der Waals surface area contributed by atoms with E-state index in [0.29, 0.717) is 34.0 Å². The van der Waals surface area contributed by atoms with Crippen molar-refractivity contribution in [3.63, 3.8) is 0 Å². The molecule has 0 spiro atoms. The van der Waals surface area contributed by atoms with Crippen molar-refractivity contribution in [2.75, 3.05) is 13.6 Å². The van der Waals surface area contributed by atoms with Crippen molar-refractivity contribution < 1.29 is 9.90 Å². The second kappa shape index (κ2) is 12.2. The first kappa shape index (κ1) is 27.3. The molecule has 0 fully saturated rings. The molecule has 196 valence electrons. The standard InChI is InChI=1S/C26H26ClN7O3S/c1-33(14-21(35)20-5-3-4-10-29-20)15-22-18(12-31-32-28)23-25(38-22)24(36)19(13-34(23)2)26(37)30-11-16-6-8-17(27)9-7-16/h3-10,13,21,35H,11-12,14-15H2,1-2H3,(H,30,37)/t21-/m1/s1. The van der Waals surface area contributed by atoms with Crippen LogP contribution in [0.1, 0.15) is 38.2 Å². The van der Waals surface area contributed by atoms with Gasteiger partial charge in [-0.15, -0.1) is 11.3 Å². The predicted molar refractivity (Wildman–Crippen MR) is 148 cm³/mol. The molecule has 0 aliphatic carbocycles. The number of halogens is 1. The molecule has 0 unspecified atom stereocenters. The Morgan fingerprint density at radius 2 is 2.08 bits per heavy atom. The second-order valence-electron chi connectivity index (χ2n) is 8.83. The molecule has 0 radical (unpaired) electrons. The highest BCUT2D eigenvalue weighted by Gasteiger charge is 2.22. The first-order chi connectivity index (χ1) is 18.3. The molecule has 38 heavy (non-hydrogen) atoms. The first-order valence-corrected chi connectivity index (χ1v) is 12.9. The van der Waals surface area contributed by atoms with Crippen LogP contribution in [0.4, 0.5) is 0 Å². The highest BCUT2D eigenvalue weighted by Crippen LogP contribution is 2.31. The maximum atomic E-state index is 13.4. The van der Waals surface area contributed by atoms with Crippen LogP contribution in [-0.2, 0) is 26.7 Å². The lowest BCUT2D eigenvalue weighted by Crippen LogP contribution is -2.29. The summed E-state index contributed by atoms with van der Waals surface area (Å²) in [5.74, 6) is -0.482. The predicted octanol–water partition coefficient (Wildman–Crippen LogP) is 4.55. The zero-order valence-electron chi connectivity index (χ0n) is 20.8. The number of nitrogens with zero attached hydrogens (tertiary/aromatic N) is 6. The molecular weight excluding hydrogens is 526 g/mol. The van der Waals surface area contributed by atoms with Gasteiger partial charge in [-0.05, 0) is 48.0 Å². The highest BCUT2D eigenvalue weighted by molar-refractivity contribution is 7.19. The van der Waals surface area contributed by atoms with Crippen LogP contribution < -0.4 is 10.7 Å². The van der Waals surface area contributed by atoms with E-state index < -0.39 is 12.0 Å². The van der Waals surface area contributed by atoms with E-state index >= 15 is 0 Å². The maximum Gasteiger partial charge on any atom is 0.257 e. The molecule has 0 saturated carbocycles. The summed E-state index contributed by atoms with van der Waals surface area (Å²) in [7, 11) is 3.60. The molecule has 12 heteroatoms. The normalized spacial score (nSPS) is 11.9. The number of aliphatic hydroxyl groups excluding tert-OH is 1. The lowest BCUT2D eigenvalue weighted by Gasteiger charge is -2.20. The fourth-order valence-electron chi connectivity index (χ4n) is 4.17. The summed E-state index contributed by atoms with van der Waals surface area (Å²) in [5, 5.41) is 17.7. The minimum atomic E-state index is -0.793. The Kier molecular flexibility index (Phi) is 8.77. The number of aliphatic hydroxyl groups is 1. The van der Waals surface area contributed by atoms with E-state index in [1.165, 1.54) is 17.5 Å². The molecule has 1 atom stereocenters. The van der Waals surface area contributed by atoms with Crippen molar-refractivity contribution in [1.82, 2.24) is 19.8 Å². The number of fused-ring (bicyclic) bond motifs is 1. The fourth-order valence-corrected chi connectivity index (χ4v) is 5.68. The number of carbonyl (C=O) groups excluding carboxylic acids is 1.